The van der Waals surface area contributed by atoms with Crippen molar-refractivity contribution in [3.05, 3.63) is 71.4 Å². The van der Waals surface area contributed by atoms with Gasteiger partial charge in [0.1, 0.15) is 12.1 Å². The first-order chi connectivity index (χ1) is 11.5. The zero-order valence-corrected chi connectivity index (χ0v) is 13.5. The monoisotopic (exact) mass is 329 g/mol. The number of Topliss-reactive ketones (excluding diaryl/α,β-unsaturated/α-hetero) is 1. The van der Waals surface area contributed by atoms with E-state index in [9.17, 15) is 13.6 Å². The molecule has 0 aliphatic heterocycles. The molecule has 1 aromatic heterocycles. The number of H-pyrrole nitrogens is 1. The maximum absolute atomic E-state index is 13.4. The van der Waals surface area contributed by atoms with Gasteiger partial charge in [-0.1, -0.05) is 18.2 Å². The van der Waals surface area contributed by atoms with Crippen LogP contribution in [0.1, 0.15) is 35.8 Å². The average Bonchev–Trinajstić information content (AvgIpc) is 3.00. The Morgan fingerprint density at radius 2 is 1.83 bits per heavy atom. The van der Waals surface area contributed by atoms with Crippen molar-refractivity contribution < 1.29 is 18.9 Å². The van der Waals surface area contributed by atoms with E-state index < -0.39 is 11.6 Å². The van der Waals surface area contributed by atoms with Gasteiger partial charge in [-0.25, -0.2) is 8.78 Å². The van der Waals surface area contributed by atoms with Gasteiger partial charge < -0.3 is 10.3 Å². The van der Waals surface area contributed by atoms with Crippen molar-refractivity contribution in [1.29, 1.82) is 0 Å². The summed E-state index contributed by atoms with van der Waals surface area (Å²) < 4.78 is 26.4. The number of rotatable bonds is 5. The van der Waals surface area contributed by atoms with Crippen LogP contribution in [-0.4, -0.2) is 16.8 Å². The van der Waals surface area contributed by atoms with E-state index in [0.717, 1.165) is 17.0 Å². The molecular formula is C19H19F2N2O+. The quantitative estimate of drug-likeness (QED) is 0.693. The van der Waals surface area contributed by atoms with Gasteiger partial charge in [0.05, 0.1) is 0 Å². The van der Waals surface area contributed by atoms with Gasteiger partial charge in [0.2, 0.25) is 5.78 Å². The second-order valence-electron chi connectivity index (χ2n) is 6.06. The number of ketones is 1. The van der Waals surface area contributed by atoms with Crippen molar-refractivity contribution in [3.8, 4) is 0 Å². The van der Waals surface area contributed by atoms with E-state index in [2.05, 4.69) is 4.98 Å². The van der Waals surface area contributed by atoms with Crippen LogP contribution in [0.3, 0.4) is 0 Å². The Labute approximate surface area is 138 Å². The Hall–Kier alpha value is -2.53. The van der Waals surface area contributed by atoms with Gasteiger partial charge in [0.25, 0.3) is 0 Å². The molecule has 3 N–H and O–H groups in total. The van der Waals surface area contributed by atoms with E-state index in [4.69, 9.17) is 0 Å². The van der Waals surface area contributed by atoms with E-state index in [1.165, 1.54) is 6.07 Å². The molecule has 0 fully saturated rings. The fraction of sp³-hybridized carbons (Fsp3) is 0.211. The van der Waals surface area contributed by atoms with Crippen molar-refractivity contribution in [2.24, 2.45) is 0 Å². The molecule has 1 heterocycles. The lowest BCUT2D eigenvalue weighted by Crippen LogP contribution is -2.91. The molecule has 0 aliphatic carbocycles. The van der Waals surface area contributed by atoms with Crippen molar-refractivity contribution in [3.63, 3.8) is 0 Å². The number of carbonyl (C=O) groups is 1. The highest BCUT2D eigenvalue weighted by Crippen LogP contribution is 2.19. The minimum Gasteiger partial charge on any atom is -0.360 e. The number of fused-ring (bicyclic) bond motifs is 1. The predicted octanol–water partition coefficient (Wildman–Crippen LogP) is 3.34. The number of hydrogen-bond donors (Lipinski definition) is 2. The Kier molecular flexibility index (Phi) is 4.44. The number of halogens is 2. The molecule has 0 saturated carbocycles. The molecule has 2 aromatic carbocycles. The SMILES string of the molecule is C[C@H]([NH2+][C@H](C)c1ccc(F)c(F)c1)C(=O)c1c[nH]c2ccccc12. The van der Waals surface area contributed by atoms with Crippen molar-refractivity contribution in [1.82, 2.24) is 4.98 Å². The van der Waals surface area contributed by atoms with Gasteiger partial charge in [-0.15, -0.1) is 0 Å². The number of hydrogen-bond acceptors (Lipinski definition) is 1. The highest BCUT2D eigenvalue weighted by molar-refractivity contribution is 6.09. The van der Waals surface area contributed by atoms with Crippen LogP contribution in [0.4, 0.5) is 8.78 Å². The van der Waals surface area contributed by atoms with E-state index in [1.54, 1.807) is 12.3 Å². The predicted molar refractivity (Wildman–Crippen MR) is 88.8 cm³/mol. The highest BCUT2D eigenvalue weighted by atomic mass is 19.2. The average molecular weight is 329 g/mol. The summed E-state index contributed by atoms with van der Waals surface area (Å²) in [6, 6.07) is 11.0. The molecule has 0 radical (unpaired) electrons. The number of quaternary nitrogens is 1. The first-order valence-electron chi connectivity index (χ1n) is 7.87. The molecule has 0 saturated heterocycles. The lowest BCUT2D eigenvalue weighted by molar-refractivity contribution is -0.709. The highest BCUT2D eigenvalue weighted by Gasteiger charge is 2.24. The molecule has 5 heteroatoms. The van der Waals surface area contributed by atoms with Crippen molar-refractivity contribution >= 4 is 16.7 Å². The van der Waals surface area contributed by atoms with Crippen LogP contribution in [0, 0.1) is 11.6 Å². The third-order valence-corrected chi connectivity index (χ3v) is 4.32. The third kappa shape index (κ3) is 3.08. The summed E-state index contributed by atoms with van der Waals surface area (Å²) in [7, 11) is 0. The molecule has 124 valence electrons. The second-order valence-corrected chi connectivity index (χ2v) is 6.06. The Balaban J connectivity index is 1.77. The van der Waals surface area contributed by atoms with Gasteiger partial charge >= 0.3 is 0 Å². The van der Waals surface area contributed by atoms with Crippen LogP contribution in [0.2, 0.25) is 0 Å². The van der Waals surface area contributed by atoms with E-state index in [-0.39, 0.29) is 17.9 Å². The molecule has 0 amide bonds. The van der Waals surface area contributed by atoms with Gasteiger partial charge in [-0.05, 0) is 38.1 Å². The molecule has 0 aliphatic rings. The Morgan fingerprint density at radius 3 is 2.58 bits per heavy atom. The number of aromatic amines is 1. The zero-order valence-electron chi connectivity index (χ0n) is 13.5. The van der Waals surface area contributed by atoms with Gasteiger partial charge in [-0.3, -0.25) is 4.79 Å². The molecule has 3 nitrogen and oxygen atoms in total. The molecule has 0 spiro atoms. The van der Waals surface area contributed by atoms with Gasteiger partial charge in [0.15, 0.2) is 11.6 Å². The lowest BCUT2D eigenvalue weighted by Gasteiger charge is -2.16. The molecule has 0 unspecified atom stereocenters. The maximum atomic E-state index is 13.4. The minimum absolute atomic E-state index is 0.00174. The summed E-state index contributed by atoms with van der Waals surface area (Å²) in [6.07, 6.45) is 1.72. The van der Waals surface area contributed by atoms with Gasteiger partial charge in [-0.2, -0.15) is 0 Å². The number of aromatic nitrogens is 1. The third-order valence-electron chi connectivity index (χ3n) is 4.32. The van der Waals surface area contributed by atoms with Crippen LogP contribution in [0.25, 0.3) is 10.9 Å². The molecule has 24 heavy (non-hydrogen) atoms. The molecular weight excluding hydrogens is 310 g/mol. The second kappa shape index (κ2) is 6.53. The maximum Gasteiger partial charge on any atom is 0.221 e. The molecule has 3 rings (SSSR count). The fourth-order valence-corrected chi connectivity index (χ4v) is 2.95. The van der Waals surface area contributed by atoms with Crippen LogP contribution in [-0.2, 0) is 0 Å². The summed E-state index contributed by atoms with van der Waals surface area (Å²) in [4.78, 5) is 15.8. The number of para-hydroxylation sites is 1. The topological polar surface area (TPSA) is 49.5 Å². The number of nitrogens with one attached hydrogen (secondary N) is 1. The molecule has 2 atom stereocenters. The normalized spacial score (nSPS) is 13.8. The van der Waals surface area contributed by atoms with E-state index in [1.807, 2.05) is 43.4 Å². The largest absolute Gasteiger partial charge is 0.360 e. The summed E-state index contributed by atoms with van der Waals surface area (Å²) in [5.41, 5.74) is 2.21. The first kappa shape index (κ1) is 16.3. The summed E-state index contributed by atoms with van der Waals surface area (Å²) in [6.45, 7) is 3.69. The molecule has 3 aromatic rings. The smallest absolute Gasteiger partial charge is 0.221 e. The van der Waals surface area contributed by atoms with Crippen LogP contribution in [0.15, 0.2) is 48.7 Å². The summed E-state index contributed by atoms with van der Waals surface area (Å²) >= 11 is 0. The Morgan fingerprint density at radius 1 is 1.08 bits per heavy atom. The van der Waals surface area contributed by atoms with E-state index in [0.29, 0.717) is 11.1 Å². The number of carbonyl (C=O) groups excluding carboxylic acids is 1. The van der Waals surface area contributed by atoms with Crippen molar-refractivity contribution in [2.75, 3.05) is 0 Å². The van der Waals surface area contributed by atoms with Crippen LogP contribution in [0.5, 0.6) is 0 Å². The fourth-order valence-electron chi connectivity index (χ4n) is 2.95. The molecule has 0 bridgehead atoms. The zero-order chi connectivity index (χ0) is 17.3. The van der Waals surface area contributed by atoms with Crippen molar-refractivity contribution in [2.45, 2.75) is 25.9 Å². The van der Waals surface area contributed by atoms with E-state index >= 15 is 0 Å². The lowest BCUT2D eigenvalue weighted by atomic mass is 10.0. The first-order valence-corrected chi connectivity index (χ1v) is 7.87. The number of benzene rings is 2. The summed E-state index contributed by atoms with van der Waals surface area (Å²) in [5.74, 6) is -1.74. The summed E-state index contributed by atoms with van der Waals surface area (Å²) in [5, 5.41) is 2.75. The van der Waals surface area contributed by atoms with Crippen LogP contribution < -0.4 is 5.32 Å². The standard InChI is InChI=1S/C19H18F2N2O/c1-11(13-7-8-16(20)17(21)9-13)23-12(2)19(24)15-10-22-18-6-4-3-5-14(15)18/h3-12,22-23H,1-2H3/p+1/t11-,12+/m1/s1. The van der Waals surface area contributed by atoms with Gasteiger partial charge in [0, 0.05) is 28.2 Å². The van der Waals surface area contributed by atoms with Crippen LogP contribution >= 0.6 is 0 Å². The Bertz CT molecular complexity index is 888. The number of nitrogens with two attached hydrogens (primary N) is 1. The minimum atomic E-state index is -0.872.